The first-order valence-corrected chi connectivity index (χ1v) is 10.2. The average Bonchev–Trinajstić information content (AvgIpc) is 3.25. The molecule has 0 N–H and O–H groups in total. The van der Waals surface area contributed by atoms with Crippen LogP contribution in [0, 0.1) is 0 Å². The third-order valence-electron chi connectivity index (χ3n) is 3.67. The van der Waals surface area contributed by atoms with Crippen molar-refractivity contribution in [2.24, 2.45) is 0 Å². The summed E-state index contributed by atoms with van der Waals surface area (Å²) >= 11 is 15.4. The standard InChI is InChI=1S/C18H13Cl2NO2S2/c19-14-3-2-13(7-15(14)20)24-8-12-9-25-18(21-12)6-11-1-4-16-17(5-11)23-10-22-16/h1-5,7,9H,6,8,10H2. The average molecular weight is 410 g/mol. The van der Waals surface area contributed by atoms with E-state index in [1.54, 1.807) is 23.1 Å². The Hall–Kier alpha value is -1.40. The molecule has 1 aromatic heterocycles. The van der Waals surface area contributed by atoms with Crippen LogP contribution in [-0.2, 0) is 12.2 Å². The Morgan fingerprint density at radius 3 is 2.80 bits per heavy atom. The number of nitrogens with zero attached hydrogens (tertiary/aromatic N) is 1. The summed E-state index contributed by atoms with van der Waals surface area (Å²) in [6.45, 7) is 0.298. The van der Waals surface area contributed by atoms with Gasteiger partial charge in [-0.3, -0.25) is 0 Å². The monoisotopic (exact) mass is 409 g/mol. The van der Waals surface area contributed by atoms with Crippen LogP contribution >= 0.6 is 46.3 Å². The van der Waals surface area contributed by atoms with E-state index in [9.17, 15) is 0 Å². The van der Waals surface area contributed by atoms with Crippen LogP contribution in [0.2, 0.25) is 10.0 Å². The van der Waals surface area contributed by atoms with Crippen molar-refractivity contribution in [2.75, 3.05) is 6.79 Å². The van der Waals surface area contributed by atoms with Gasteiger partial charge in [-0.25, -0.2) is 4.98 Å². The number of hydrogen-bond acceptors (Lipinski definition) is 5. The molecule has 0 radical (unpaired) electrons. The van der Waals surface area contributed by atoms with E-state index in [0.717, 1.165) is 39.3 Å². The molecule has 2 aromatic carbocycles. The first-order chi connectivity index (χ1) is 12.2. The molecule has 0 aliphatic carbocycles. The lowest BCUT2D eigenvalue weighted by Crippen LogP contribution is -1.93. The molecule has 4 rings (SSSR count). The molecule has 0 saturated carbocycles. The predicted octanol–water partition coefficient (Wildman–Crippen LogP) is 6.06. The van der Waals surface area contributed by atoms with E-state index in [2.05, 4.69) is 11.4 Å². The number of hydrogen-bond donors (Lipinski definition) is 0. The normalized spacial score (nSPS) is 12.6. The van der Waals surface area contributed by atoms with Gasteiger partial charge < -0.3 is 9.47 Å². The van der Waals surface area contributed by atoms with Gasteiger partial charge in [-0.15, -0.1) is 23.1 Å². The highest BCUT2D eigenvalue weighted by molar-refractivity contribution is 7.98. The molecule has 128 valence electrons. The zero-order chi connectivity index (χ0) is 17.2. The lowest BCUT2D eigenvalue weighted by atomic mass is 10.1. The van der Waals surface area contributed by atoms with Crippen molar-refractivity contribution >= 4 is 46.3 Å². The number of aromatic nitrogens is 1. The highest BCUT2D eigenvalue weighted by atomic mass is 35.5. The van der Waals surface area contributed by atoms with E-state index in [1.807, 2.05) is 30.3 Å². The summed E-state index contributed by atoms with van der Waals surface area (Å²) < 4.78 is 10.8. The van der Waals surface area contributed by atoms with Crippen LogP contribution in [0.3, 0.4) is 0 Å². The number of benzene rings is 2. The van der Waals surface area contributed by atoms with Crippen LogP contribution in [0.15, 0.2) is 46.7 Å². The van der Waals surface area contributed by atoms with Crippen molar-refractivity contribution in [2.45, 2.75) is 17.1 Å². The van der Waals surface area contributed by atoms with Gasteiger partial charge in [-0.05, 0) is 35.9 Å². The third kappa shape index (κ3) is 4.06. The number of thioether (sulfide) groups is 1. The quantitative estimate of drug-likeness (QED) is 0.479. The van der Waals surface area contributed by atoms with Crippen molar-refractivity contribution < 1.29 is 9.47 Å². The van der Waals surface area contributed by atoms with Crippen LogP contribution in [0.4, 0.5) is 0 Å². The number of fused-ring (bicyclic) bond motifs is 1. The fourth-order valence-electron chi connectivity index (χ4n) is 2.45. The van der Waals surface area contributed by atoms with E-state index in [1.165, 1.54) is 5.56 Å². The highest BCUT2D eigenvalue weighted by Gasteiger charge is 2.14. The number of halogens is 2. The number of rotatable bonds is 5. The topological polar surface area (TPSA) is 31.4 Å². The predicted molar refractivity (Wildman–Crippen MR) is 104 cm³/mol. The Kier molecular flexibility index (Phi) is 5.08. The Morgan fingerprint density at radius 1 is 1.04 bits per heavy atom. The van der Waals surface area contributed by atoms with Gasteiger partial charge >= 0.3 is 0 Å². The largest absolute Gasteiger partial charge is 0.454 e. The number of ether oxygens (including phenoxy) is 2. The maximum atomic E-state index is 6.05. The molecule has 2 heterocycles. The van der Waals surface area contributed by atoms with E-state index < -0.39 is 0 Å². The molecule has 0 spiro atoms. The Balaban J connectivity index is 1.39. The molecule has 1 aliphatic rings. The second-order valence-electron chi connectivity index (χ2n) is 5.46. The minimum atomic E-state index is 0.298. The van der Waals surface area contributed by atoms with Gasteiger partial charge in [0.05, 0.1) is 20.7 Å². The minimum absolute atomic E-state index is 0.298. The maximum absolute atomic E-state index is 6.05. The van der Waals surface area contributed by atoms with Crippen LogP contribution < -0.4 is 9.47 Å². The summed E-state index contributed by atoms with van der Waals surface area (Å²) in [6.07, 6.45) is 0.790. The lowest BCUT2D eigenvalue weighted by Gasteiger charge is -2.02. The highest BCUT2D eigenvalue weighted by Crippen LogP contribution is 2.34. The van der Waals surface area contributed by atoms with Gasteiger partial charge in [0.1, 0.15) is 0 Å². The summed E-state index contributed by atoms with van der Waals surface area (Å²) in [6, 6.07) is 11.7. The molecule has 0 fully saturated rings. The molecule has 0 bridgehead atoms. The SMILES string of the molecule is Clc1ccc(SCc2csc(Cc3ccc4c(c3)OCO4)n2)cc1Cl. The molecule has 0 atom stereocenters. The van der Waals surface area contributed by atoms with Gasteiger partial charge in [-0.2, -0.15) is 0 Å². The van der Waals surface area contributed by atoms with Crippen molar-refractivity contribution in [1.82, 2.24) is 4.98 Å². The zero-order valence-electron chi connectivity index (χ0n) is 13.0. The van der Waals surface area contributed by atoms with Crippen molar-refractivity contribution in [3.8, 4) is 11.5 Å². The van der Waals surface area contributed by atoms with Crippen LogP contribution in [0.5, 0.6) is 11.5 Å². The molecular weight excluding hydrogens is 397 g/mol. The summed E-state index contributed by atoms with van der Waals surface area (Å²) in [4.78, 5) is 5.80. The fraction of sp³-hybridized carbons (Fsp3) is 0.167. The summed E-state index contributed by atoms with van der Waals surface area (Å²) in [5.74, 6) is 2.42. The van der Waals surface area contributed by atoms with Gasteiger partial charge in [-0.1, -0.05) is 29.3 Å². The molecule has 0 unspecified atom stereocenters. The molecule has 0 saturated heterocycles. The zero-order valence-corrected chi connectivity index (χ0v) is 16.1. The Morgan fingerprint density at radius 2 is 1.92 bits per heavy atom. The first kappa shape index (κ1) is 17.0. The van der Waals surface area contributed by atoms with Gasteiger partial charge in [0.15, 0.2) is 11.5 Å². The lowest BCUT2D eigenvalue weighted by molar-refractivity contribution is 0.174. The van der Waals surface area contributed by atoms with Gasteiger partial charge in [0, 0.05) is 22.4 Å². The summed E-state index contributed by atoms with van der Waals surface area (Å²) in [5.41, 5.74) is 2.24. The Bertz CT molecular complexity index is 914. The molecule has 7 heteroatoms. The van der Waals surface area contributed by atoms with Crippen molar-refractivity contribution in [3.05, 3.63) is 68.1 Å². The molecule has 0 amide bonds. The summed E-state index contributed by atoms with van der Waals surface area (Å²) in [5, 5.41) is 4.34. The van der Waals surface area contributed by atoms with E-state index in [-0.39, 0.29) is 0 Å². The van der Waals surface area contributed by atoms with Crippen LogP contribution in [0.1, 0.15) is 16.3 Å². The van der Waals surface area contributed by atoms with Crippen LogP contribution in [-0.4, -0.2) is 11.8 Å². The third-order valence-corrected chi connectivity index (χ3v) is 6.33. The smallest absolute Gasteiger partial charge is 0.231 e. The van der Waals surface area contributed by atoms with E-state index in [4.69, 9.17) is 37.7 Å². The number of thiazole rings is 1. The second-order valence-corrected chi connectivity index (χ2v) is 8.27. The fourth-order valence-corrected chi connectivity index (χ4v) is 4.57. The first-order valence-electron chi connectivity index (χ1n) is 7.57. The summed E-state index contributed by atoms with van der Waals surface area (Å²) in [7, 11) is 0. The second kappa shape index (κ2) is 7.46. The molecule has 1 aliphatic heterocycles. The van der Waals surface area contributed by atoms with E-state index >= 15 is 0 Å². The van der Waals surface area contributed by atoms with E-state index in [0.29, 0.717) is 16.8 Å². The molecule has 25 heavy (non-hydrogen) atoms. The van der Waals surface area contributed by atoms with Crippen molar-refractivity contribution in [3.63, 3.8) is 0 Å². The minimum Gasteiger partial charge on any atom is -0.454 e. The van der Waals surface area contributed by atoms with Gasteiger partial charge in [0.2, 0.25) is 6.79 Å². The van der Waals surface area contributed by atoms with Crippen LogP contribution in [0.25, 0.3) is 0 Å². The molecule has 3 nitrogen and oxygen atoms in total. The molecular formula is C18H13Cl2NO2S2. The maximum Gasteiger partial charge on any atom is 0.231 e. The van der Waals surface area contributed by atoms with Crippen molar-refractivity contribution in [1.29, 1.82) is 0 Å². The Labute approximate surface area is 163 Å². The molecule has 3 aromatic rings. The van der Waals surface area contributed by atoms with Gasteiger partial charge in [0.25, 0.3) is 0 Å².